The van der Waals surface area contributed by atoms with Crippen LogP contribution in [-0.4, -0.2) is 30.5 Å². The van der Waals surface area contributed by atoms with Gasteiger partial charge in [-0.1, -0.05) is 0 Å². The van der Waals surface area contributed by atoms with Gasteiger partial charge >= 0.3 is 0 Å². The van der Waals surface area contributed by atoms with E-state index in [-0.39, 0.29) is 6.61 Å². The third-order valence-electron chi connectivity index (χ3n) is 3.70. The van der Waals surface area contributed by atoms with Crippen LogP contribution in [0.1, 0.15) is 17.7 Å². The molecule has 4 nitrogen and oxygen atoms in total. The van der Waals surface area contributed by atoms with Crippen LogP contribution in [0.5, 0.6) is 11.5 Å². The van der Waals surface area contributed by atoms with Crippen molar-refractivity contribution >= 4 is 10.9 Å². The van der Waals surface area contributed by atoms with Gasteiger partial charge in [-0.3, -0.25) is 0 Å². The van der Waals surface area contributed by atoms with Crippen molar-refractivity contribution in [2.24, 2.45) is 7.05 Å². The van der Waals surface area contributed by atoms with E-state index in [4.69, 9.17) is 14.6 Å². The van der Waals surface area contributed by atoms with E-state index in [1.807, 2.05) is 19.2 Å². The minimum Gasteiger partial charge on any atom is -0.497 e. The molecule has 0 aliphatic rings. The first kappa shape index (κ1) is 13.7. The summed E-state index contributed by atoms with van der Waals surface area (Å²) in [4.78, 5) is 0. The van der Waals surface area contributed by atoms with Crippen LogP contribution in [0.15, 0.2) is 12.1 Å². The van der Waals surface area contributed by atoms with Crippen LogP contribution in [0.25, 0.3) is 10.9 Å². The number of aliphatic hydroxyl groups is 1. The van der Waals surface area contributed by atoms with E-state index in [0.717, 1.165) is 35.2 Å². The summed E-state index contributed by atoms with van der Waals surface area (Å²) >= 11 is 0. The smallest absolute Gasteiger partial charge is 0.132 e. The fraction of sp³-hybridized carbons (Fsp3) is 0.467. The molecule has 0 spiro atoms. The Labute approximate surface area is 113 Å². The molecular formula is C15H21NO3. The van der Waals surface area contributed by atoms with E-state index in [1.165, 1.54) is 11.3 Å². The van der Waals surface area contributed by atoms with E-state index >= 15 is 0 Å². The Balaban J connectivity index is 2.71. The molecule has 0 unspecified atom stereocenters. The third-order valence-corrected chi connectivity index (χ3v) is 3.70. The number of aliphatic hydroxyl groups excluding tert-OH is 1. The molecule has 0 aliphatic carbocycles. The normalized spacial score (nSPS) is 11.0. The van der Waals surface area contributed by atoms with Gasteiger partial charge < -0.3 is 19.1 Å². The lowest BCUT2D eigenvalue weighted by molar-refractivity contribution is 0.288. The number of rotatable bonds is 5. The number of fused-ring (bicyclic) bond motifs is 1. The lowest BCUT2D eigenvalue weighted by atomic mass is 10.0. The molecule has 0 aliphatic heterocycles. The van der Waals surface area contributed by atoms with Gasteiger partial charge in [-0.05, 0) is 25.3 Å². The van der Waals surface area contributed by atoms with Crippen LogP contribution in [-0.2, 0) is 13.5 Å². The summed E-state index contributed by atoms with van der Waals surface area (Å²) in [5.41, 5.74) is 3.54. The molecule has 1 heterocycles. The number of aryl methyl sites for hydroxylation is 2. The fourth-order valence-electron chi connectivity index (χ4n) is 2.55. The lowest BCUT2D eigenvalue weighted by Crippen LogP contribution is -1.94. The van der Waals surface area contributed by atoms with E-state index in [1.54, 1.807) is 14.2 Å². The van der Waals surface area contributed by atoms with Crippen LogP contribution >= 0.6 is 0 Å². The fourth-order valence-corrected chi connectivity index (χ4v) is 2.55. The number of aromatic nitrogens is 1. The Morgan fingerprint density at radius 1 is 1.21 bits per heavy atom. The maximum atomic E-state index is 9.05. The highest BCUT2D eigenvalue weighted by Gasteiger charge is 2.17. The first-order valence-corrected chi connectivity index (χ1v) is 6.44. The second-order valence-electron chi connectivity index (χ2n) is 4.67. The molecule has 0 radical (unpaired) electrons. The second-order valence-corrected chi connectivity index (χ2v) is 4.67. The van der Waals surface area contributed by atoms with Gasteiger partial charge in [-0.2, -0.15) is 0 Å². The van der Waals surface area contributed by atoms with E-state index < -0.39 is 0 Å². The van der Waals surface area contributed by atoms with Gasteiger partial charge in [-0.25, -0.2) is 0 Å². The molecule has 104 valence electrons. The molecule has 4 heteroatoms. The number of nitrogens with zero attached hydrogens (tertiary/aromatic N) is 1. The monoisotopic (exact) mass is 263 g/mol. The standard InChI is InChI=1S/C15H21NO3/c1-10-12(6-5-7-17)15-13(16(10)2)8-11(18-3)9-14(15)19-4/h8-9,17H,5-7H2,1-4H3. The summed E-state index contributed by atoms with van der Waals surface area (Å²) in [5, 5.41) is 10.2. The largest absolute Gasteiger partial charge is 0.497 e. The van der Waals surface area contributed by atoms with Gasteiger partial charge in [0.2, 0.25) is 0 Å². The van der Waals surface area contributed by atoms with Crippen LogP contribution in [0.2, 0.25) is 0 Å². The molecule has 0 atom stereocenters. The highest BCUT2D eigenvalue weighted by molar-refractivity contribution is 5.92. The highest BCUT2D eigenvalue weighted by Crippen LogP contribution is 2.37. The van der Waals surface area contributed by atoms with Crippen LogP contribution in [0.3, 0.4) is 0 Å². The van der Waals surface area contributed by atoms with Crippen molar-refractivity contribution in [1.29, 1.82) is 0 Å². The first-order valence-electron chi connectivity index (χ1n) is 6.44. The highest BCUT2D eigenvalue weighted by atomic mass is 16.5. The molecule has 0 bridgehead atoms. The number of benzene rings is 1. The molecule has 0 amide bonds. The molecule has 2 aromatic rings. The minimum atomic E-state index is 0.203. The first-order chi connectivity index (χ1) is 9.13. The molecular weight excluding hydrogens is 242 g/mol. The van der Waals surface area contributed by atoms with Crippen molar-refractivity contribution in [1.82, 2.24) is 4.57 Å². The number of hydrogen-bond donors (Lipinski definition) is 1. The number of methoxy groups -OCH3 is 2. The maximum Gasteiger partial charge on any atom is 0.132 e. The topological polar surface area (TPSA) is 43.6 Å². The number of ether oxygens (including phenoxy) is 2. The Morgan fingerprint density at radius 2 is 1.95 bits per heavy atom. The van der Waals surface area contributed by atoms with E-state index in [2.05, 4.69) is 11.5 Å². The Bertz CT molecular complexity index is 587. The average molecular weight is 263 g/mol. The van der Waals surface area contributed by atoms with Gasteiger partial charge in [0.1, 0.15) is 11.5 Å². The Kier molecular flexibility index (Phi) is 4.00. The van der Waals surface area contributed by atoms with Crippen molar-refractivity contribution in [2.45, 2.75) is 19.8 Å². The zero-order valence-electron chi connectivity index (χ0n) is 12.0. The summed E-state index contributed by atoms with van der Waals surface area (Å²) in [7, 11) is 5.37. The third kappa shape index (κ3) is 2.28. The summed E-state index contributed by atoms with van der Waals surface area (Å²) in [6, 6.07) is 3.93. The van der Waals surface area contributed by atoms with Crippen LogP contribution in [0, 0.1) is 6.92 Å². The van der Waals surface area contributed by atoms with E-state index in [9.17, 15) is 0 Å². The molecule has 1 aromatic carbocycles. The second kappa shape index (κ2) is 5.53. The molecule has 0 saturated heterocycles. The average Bonchev–Trinajstić information content (AvgIpc) is 2.68. The quantitative estimate of drug-likeness (QED) is 0.901. The SMILES string of the molecule is COc1cc(OC)c2c(CCCO)c(C)n(C)c2c1. The summed E-state index contributed by atoms with van der Waals surface area (Å²) < 4.78 is 13.0. The van der Waals surface area contributed by atoms with Gasteiger partial charge in [0.15, 0.2) is 0 Å². The van der Waals surface area contributed by atoms with Crippen molar-refractivity contribution in [3.63, 3.8) is 0 Å². The van der Waals surface area contributed by atoms with Crippen molar-refractivity contribution in [3.05, 3.63) is 23.4 Å². The van der Waals surface area contributed by atoms with Gasteiger partial charge in [0.05, 0.1) is 19.7 Å². The van der Waals surface area contributed by atoms with E-state index in [0.29, 0.717) is 0 Å². The Morgan fingerprint density at radius 3 is 2.53 bits per heavy atom. The predicted molar refractivity (Wildman–Crippen MR) is 76.2 cm³/mol. The summed E-state index contributed by atoms with van der Waals surface area (Å²) in [6.07, 6.45) is 1.61. The molecule has 19 heavy (non-hydrogen) atoms. The van der Waals surface area contributed by atoms with Crippen LogP contribution in [0.4, 0.5) is 0 Å². The Hall–Kier alpha value is -1.68. The maximum absolute atomic E-state index is 9.05. The molecule has 0 fully saturated rings. The molecule has 1 N–H and O–H groups in total. The van der Waals surface area contributed by atoms with Crippen molar-refractivity contribution < 1.29 is 14.6 Å². The predicted octanol–water partition coefficient (Wildman–Crippen LogP) is 2.43. The molecule has 0 saturated carbocycles. The summed E-state index contributed by atoms with van der Waals surface area (Å²) in [6.45, 7) is 2.30. The zero-order valence-corrected chi connectivity index (χ0v) is 12.0. The molecule has 1 aromatic heterocycles. The van der Waals surface area contributed by atoms with Gasteiger partial charge in [0, 0.05) is 36.9 Å². The van der Waals surface area contributed by atoms with Gasteiger partial charge in [-0.15, -0.1) is 0 Å². The summed E-state index contributed by atoms with van der Waals surface area (Å²) in [5.74, 6) is 1.62. The zero-order chi connectivity index (χ0) is 14.0. The molecule has 2 rings (SSSR count). The van der Waals surface area contributed by atoms with Crippen LogP contribution < -0.4 is 9.47 Å². The van der Waals surface area contributed by atoms with Gasteiger partial charge in [0.25, 0.3) is 0 Å². The lowest BCUT2D eigenvalue weighted by Gasteiger charge is -2.08. The minimum absolute atomic E-state index is 0.203. The van der Waals surface area contributed by atoms with Crippen molar-refractivity contribution in [3.8, 4) is 11.5 Å². The van der Waals surface area contributed by atoms with Crippen molar-refractivity contribution in [2.75, 3.05) is 20.8 Å². The number of hydrogen-bond acceptors (Lipinski definition) is 3.